The van der Waals surface area contributed by atoms with Gasteiger partial charge < -0.3 is 20.7 Å². The van der Waals surface area contributed by atoms with E-state index in [1.54, 1.807) is 7.05 Å². The Labute approximate surface area is 131 Å². The molecule has 120 valence electrons. The fourth-order valence-electron chi connectivity index (χ4n) is 2.26. The maximum atomic E-state index is 11.8. The van der Waals surface area contributed by atoms with E-state index in [9.17, 15) is 4.79 Å². The van der Waals surface area contributed by atoms with Gasteiger partial charge in [-0.05, 0) is 18.4 Å². The quantitative estimate of drug-likeness (QED) is 0.533. The Balaban J connectivity index is 1.63. The Bertz CT molecular complexity index is 484. The molecule has 0 aliphatic carbocycles. The largest absolute Gasteiger partial charge is 0.376 e. The van der Waals surface area contributed by atoms with E-state index in [0.29, 0.717) is 19.0 Å². The van der Waals surface area contributed by atoms with Crippen molar-refractivity contribution in [3.8, 4) is 0 Å². The monoisotopic (exact) mass is 304 g/mol. The fraction of sp³-hybridized carbons (Fsp3) is 0.500. The third kappa shape index (κ3) is 5.73. The Kier molecular flexibility index (Phi) is 6.70. The summed E-state index contributed by atoms with van der Waals surface area (Å²) >= 11 is 0. The number of amides is 1. The molecule has 1 amide bonds. The van der Waals surface area contributed by atoms with Crippen molar-refractivity contribution in [1.29, 1.82) is 0 Å². The van der Waals surface area contributed by atoms with Crippen molar-refractivity contribution >= 4 is 11.9 Å². The highest BCUT2D eigenvalue weighted by Crippen LogP contribution is 2.10. The number of benzene rings is 1. The van der Waals surface area contributed by atoms with Crippen LogP contribution in [0, 0.1) is 0 Å². The van der Waals surface area contributed by atoms with Gasteiger partial charge in [0, 0.05) is 26.7 Å². The lowest BCUT2D eigenvalue weighted by Gasteiger charge is -2.15. The molecular weight excluding hydrogens is 280 g/mol. The number of nitrogens with zero attached hydrogens (tertiary/aromatic N) is 1. The molecule has 1 aromatic carbocycles. The first-order chi connectivity index (χ1) is 10.8. The molecule has 0 spiro atoms. The molecule has 1 aliphatic rings. The van der Waals surface area contributed by atoms with Crippen molar-refractivity contribution in [1.82, 2.24) is 16.0 Å². The van der Waals surface area contributed by atoms with Gasteiger partial charge in [-0.1, -0.05) is 30.3 Å². The fourth-order valence-corrected chi connectivity index (χ4v) is 2.26. The first-order valence-corrected chi connectivity index (χ1v) is 7.64. The van der Waals surface area contributed by atoms with E-state index < -0.39 is 0 Å². The van der Waals surface area contributed by atoms with Crippen LogP contribution >= 0.6 is 0 Å². The molecule has 0 aromatic heterocycles. The van der Waals surface area contributed by atoms with Gasteiger partial charge in [-0.3, -0.25) is 9.79 Å². The topological polar surface area (TPSA) is 74.8 Å². The highest BCUT2D eigenvalue weighted by atomic mass is 16.5. The Hall–Kier alpha value is -2.08. The van der Waals surface area contributed by atoms with Crippen LogP contribution < -0.4 is 16.0 Å². The second-order valence-electron chi connectivity index (χ2n) is 5.20. The standard InChI is InChI=1S/C16H24N4O2/c1-17-16(19-11-14-8-5-9-22-14)20-12-15(21)18-10-13-6-3-2-4-7-13/h2-4,6-7,14H,5,8-12H2,1H3,(H,18,21)(H2,17,19,20). The Morgan fingerprint density at radius 1 is 1.27 bits per heavy atom. The molecule has 1 fully saturated rings. The normalized spacial score (nSPS) is 18.0. The number of hydrogen-bond donors (Lipinski definition) is 3. The van der Waals surface area contributed by atoms with Gasteiger partial charge in [-0.2, -0.15) is 0 Å². The number of nitrogens with one attached hydrogen (secondary N) is 3. The van der Waals surface area contributed by atoms with E-state index >= 15 is 0 Å². The van der Waals surface area contributed by atoms with Gasteiger partial charge in [0.05, 0.1) is 12.6 Å². The van der Waals surface area contributed by atoms with Crippen molar-refractivity contribution < 1.29 is 9.53 Å². The molecule has 0 saturated carbocycles. The zero-order valence-corrected chi connectivity index (χ0v) is 13.0. The van der Waals surface area contributed by atoms with Gasteiger partial charge in [-0.25, -0.2) is 0 Å². The third-order valence-corrected chi connectivity index (χ3v) is 3.49. The molecule has 0 bridgehead atoms. The zero-order valence-electron chi connectivity index (χ0n) is 13.0. The highest BCUT2D eigenvalue weighted by Gasteiger charge is 2.15. The summed E-state index contributed by atoms with van der Waals surface area (Å²) < 4.78 is 5.54. The van der Waals surface area contributed by atoms with E-state index in [2.05, 4.69) is 20.9 Å². The van der Waals surface area contributed by atoms with Crippen molar-refractivity contribution in [3.05, 3.63) is 35.9 Å². The van der Waals surface area contributed by atoms with Crippen LogP contribution in [0.5, 0.6) is 0 Å². The van der Waals surface area contributed by atoms with E-state index in [-0.39, 0.29) is 18.6 Å². The average molecular weight is 304 g/mol. The molecule has 1 atom stereocenters. The van der Waals surface area contributed by atoms with Crippen LogP contribution in [0.15, 0.2) is 35.3 Å². The first-order valence-electron chi connectivity index (χ1n) is 7.64. The Morgan fingerprint density at radius 2 is 2.09 bits per heavy atom. The molecule has 22 heavy (non-hydrogen) atoms. The minimum absolute atomic E-state index is 0.0658. The van der Waals surface area contributed by atoms with Crippen LogP contribution in [0.4, 0.5) is 0 Å². The van der Waals surface area contributed by atoms with E-state index in [1.807, 2.05) is 30.3 Å². The van der Waals surface area contributed by atoms with Crippen molar-refractivity contribution in [2.45, 2.75) is 25.5 Å². The van der Waals surface area contributed by atoms with Gasteiger partial charge in [0.15, 0.2) is 5.96 Å². The number of aliphatic imine (C=N–C) groups is 1. The van der Waals surface area contributed by atoms with Gasteiger partial charge in [0.2, 0.25) is 5.91 Å². The lowest BCUT2D eigenvalue weighted by atomic mass is 10.2. The first kappa shape index (κ1) is 16.3. The number of hydrogen-bond acceptors (Lipinski definition) is 3. The van der Waals surface area contributed by atoms with Crippen LogP contribution in [0.2, 0.25) is 0 Å². The summed E-state index contributed by atoms with van der Waals surface area (Å²) in [5.41, 5.74) is 1.08. The van der Waals surface area contributed by atoms with Gasteiger partial charge in [0.1, 0.15) is 0 Å². The molecule has 6 nitrogen and oxygen atoms in total. The van der Waals surface area contributed by atoms with Gasteiger partial charge in [-0.15, -0.1) is 0 Å². The van der Waals surface area contributed by atoms with E-state index in [0.717, 1.165) is 25.0 Å². The molecule has 1 heterocycles. The molecule has 1 saturated heterocycles. The molecule has 3 N–H and O–H groups in total. The van der Waals surface area contributed by atoms with E-state index in [1.165, 1.54) is 0 Å². The highest BCUT2D eigenvalue weighted by molar-refractivity contribution is 5.86. The van der Waals surface area contributed by atoms with Gasteiger partial charge >= 0.3 is 0 Å². The predicted octanol–water partition coefficient (Wildman–Crippen LogP) is 0.647. The van der Waals surface area contributed by atoms with Gasteiger partial charge in [0.25, 0.3) is 0 Å². The van der Waals surface area contributed by atoms with Crippen LogP contribution in [0.25, 0.3) is 0 Å². The summed E-state index contributed by atoms with van der Waals surface area (Å²) in [6.07, 6.45) is 2.42. The number of rotatable bonds is 6. The molecule has 1 unspecified atom stereocenters. The van der Waals surface area contributed by atoms with Crippen LogP contribution in [0.3, 0.4) is 0 Å². The number of carbonyl (C=O) groups excluding carboxylic acids is 1. The average Bonchev–Trinajstić information content (AvgIpc) is 3.07. The minimum Gasteiger partial charge on any atom is -0.376 e. The molecule has 1 aliphatic heterocycles. The molecular formula is C16H24N4O2. The Morgan fingerprint density at radius 3 is 2.77 bits per heavy atom. The molecule has 1 aromatic rings. The number of guanidine groups is 1. The van der Waals surface area contributed by atoms with E-state index in [4.69, 9.17) is 4.74 Å². The maximum Gasteiger partial charge on any atom is 0.239 e. The predicted molar refractivity (Wildman–Crippen MR) is 86.6 cm³/mol. The molecule has 0 radical (unpaired) electrons. The van der Waals surface area contributed by atoms with Crippen molar-refractivity contribution in [3.63, 3.8) is 0 Å². The minimum atomic E-state index is -0.0658. The number of ether oxygens (including phenoxy) is 1. The van der Waals surface area contributed by atoms with Crippen LogP contribution in [0.1, 0.15) is 18.4 Å². The van der Waals surface area contributed by atoms with Crippen LogP contribution in [-0.2, 0) is 16.1 Å². The third-order valence-electron chi connectivity index (χ3n) is 3.49. The zero-order chi connectivity index (χ0) is 15.6. The summed E-state index contributed by atoms with van der Waals surface area (Å²) in [6.45, 7) is 2.27. The lowest BCUT2D eigenvalue weighted by molar-refractivity contribution is -0.120. The summed E-state index contributed by atoms with van der Waals surface area (Å²) in [7, 11) is 1.69. The summed E-state index contributed by atoms with van der Waals surface area (Å²) in [6, 6.07) is 9.83. The second kappa shape index (κ2) is 9.04. The molecule has 2 rings (SSSR count). The number of carbonyl (C=O) groups is 1. The second-order valence-corrected chi connectivity index (χ2v) is 5.20. The molecule has 6 heteroatoms. The lowest BCUT2D eigenvalue weighted by Crippen LogP contribution is -2.45. The summed E-state index contributed by atoms with van der Waals surface area (Å²) in [5, 5.41) is 9.04. The van der Waals surface area contributed by atoms with Crippen LogP contribution in [-0.4, -0.2) is 44.7 Å². The van der Waals surface area contributed by atoms with Crippen molar-refractivity contribution in [2.24, 2.45) is 4.99 Å². The summed E-state index contributed by atoms with van der Waals surface area (Å²) in [4.78, 5) is 15.9. The van der Waals surface area contributed by atoms with Crippen molar-refractivity contribution in [2.75, 3.05) is 26.7 Å². The SMILES string of the molecule is CN=C(NCC(=O)NCc1ccccc1)NCC1CCCO1. The summed E-state index contributed by atoms with van der Waals surface area (Å²) in [5.74, 6) is 0.550. The smallest absolute Gasteiger partial charge is 0.239 e. The maximum absolute atomic E-state index is 11.8.